The molecule has 7 nitrogen and oxygen atoms in total. The number of anilines is 1. The van der Waals surface area contributed by atoms with E-state index in [-0.39, 0.29) is 23.7 Å². The number of rotatable bonds is 3. The highest BCUT2D eigenvalue weighted by molar-refractivity contribution is 5.58. The molecule has 0 bridgehead atoms. The molecule has 0 saturated carbocycles. The summed E-state index contributed by atoms with van der Waals surface area (Å²) in [6, 6.07) is 0. The van der Waals surface area contributed by atoms with Gasteiger partial charge in [0.1, 0.15) is 12.4 Å². The van der Waals surface area contributed by atoms with Crippen LogP contribution in [0.2, 0.25) is 0 Å². The molecular formula is C12H14N4O3. The molecule has 0 amide bonds. The van der Waals surface area contributed by atoms with Crippen molar-refractivity contribution in [3.8, 4) is 5.88 Å². The van der Waals surface area contributed by atoms with Gasteiger partial charge in [-0.15, -0.1) is 0 Å². The van der Waals surface area contributed by atoms with E-state index in [4.69, 9.17) is 10.5 Å². The van der Waals surface area contributed by atoms with E-state index < -0.39 is 10.6 Å². The van der Waals surface area contributed by atoms with Gasteiger partial charge in [0.25, 0.3) is 5.88 Å². The zero-order valence-corrected chi connectivity index (χ0v) is 10.6. The normalized spacial score (nSPS) is 21.9. The van der Waals surface area contributed by atoms with Gasteiger partial charge in [0.05, 0.1) is 4.92 Å². The Morgan fingerprint density at radius 2 is 2.21 bits per heavy atom. The molecule has 1 aliphatic rings. The highest BCUT2D eigenvalue weighted by atomic mass is 16.6. The lowest BCUT2D eigenvalue weighted by Crippen LogP contribution is -2.26. The van der Waals surface area contributed by atoms with E-state index >= 15 is 0 Å². The Morgan fingerprint density at radius 3 is 2.89 bits per heavy atom. The lowest BCUT2D eigenvalue weighted by atomic mass is 9.92. The van der Waals surface area contributed by atoms with Crippen LogP contribution in [0.25, 0.3) is 0 Å². The third-order valence-corrected chi connectivity index (χ3v) is 3.12. The summed E-state index contributed by atoms with van der Waals surface area (Å²) in [5, 5.41) is 11.0. The maximum atomic E-state index is 11.0. The van der Waals surface area contributed by atoms with E-state index in [1.807, 2.05) is 32.1 Å². The van der Waals surface area contributed by atoms with Crippen LogP contribution in [0.5, 0.6) is 5.88 Å². The zero-order valence-electron chi connectivity index (χ0n) is 10.6. The minimum Gasteiger partial charge on any atom is -0.464 e. The van der Waals surface area contributed by atoms with Crippen LogP contribution >= 0.6 is 0 Å². The minimum atomic E-state index is -0.634. The average molecular weight is 262 g/mol. The van der Waals surface area contributed by atoms with Crippen molar-refractivity contribution in [2.24, 2.45) is 5.92 Å². The number of hydrogen-bond donors (Lipinski definition) is 1. The van der Waals surface area contributed by atoms with Gasteiger partial charge in [0.15, 0.2) is 0 Å². The molecule has 1 heterocycles. The van der Waals surface area contributed by atoms with Crippen molar-refractivity contribution >= 4 is 11.5 Å². The summed E-state index contributed by atoms with van der Waals surface area (Å²) < 4.78 is 5.61. The van der Waals surface area contributed by atoms with Gasteiger partial charge in [-0.25, -0.2) is 4.98 Å². The summed E-state index contributed by atoms with van der Waals surface area (Å²) in [6.45, 7) is 3.96. The average Bonchev–Trinajstić information content (AvgIpc) is 2.34. The van der Waals surface area contributed by atoms with E-state index in [2.05, 4.69) is 9.97 Å². The van der Waals surface area contributed by atoms with Crippen LogP contribution in [0, 0.1) is 16.0 Å². The summed E-state index contributed by atoms with van der Waals surface area (Å²) in [7, 11) is 0. The van der Waals surface area contributed by atoms with Crippen molar-refractivity contribution in [3.63, 3.8) is 0 Å². The van der Waals surface area contributed by atoms with Crippen molar-refractivity contribution in [1.29, 1.82) is 0 Å². The summed E-state index contributed by atoms with van der Waals surface area (Å²) in [5.74, 6) is -0.191. The lowest BCUT2D eigenvalue weighted by Gasteiger charge is -2.24. The molecule has 1 aliphatic carbocycles. The number of hydrogen-bond acceptors (Lipinski definition) is 6. The second-order valence-electron chi connectivity index (χ2n) is 4.34. The molecule has 1 aromatic heterocycles. The number of nitrogens with two attached hydrogens (primary N) is 1. The Labute approximate surface area is 110 Å². The zero-order chi connectivity index (χ0) is 14.0. The summed E-state index contributed by atoms with van der Waals surface area (Å²) in [4.78, 5) is 17.7. The third kappa shape index (κ3) is 2.54. The van der Waals surface area contributed by atoms with Crippen LogP contribution in [0.1, 0.15) is 13.8 Å². The molecule has 0 unspecified atom stereocenters. The van der Waals surface area contributed by atoms with E-state index in [0.717, 1.165) is 11.9 Å². The predicted molar refractivity (Wildman–Crippen MR) is 69.6 cm³/mol. The van der Waals surface area contributed by atoms with E-state index in [1.165, 1.54) is 0 Å². The van der Waals surface area contributed by atoms with Crippen LogP contribution in [0.15, 0.2) is 30.1 Å². The van der Waals surface area contributed by atoms with Crippen LogP contribution in [0.4, 0.5) is 11.5 Å². The predicted octanol–water partition coefficient (Wildman–Crippen LogP) is 1.87. The van der Waals surface area contributed by atoms with Crippen molar-refractivity contribution < 1.29 is 9.66 Å². The van der Waals surface area contributed by atoms with Gasteiger partial charge in [-0.05, 0) is 13.0 Å². The van der Waals surface area contributed by atoms with Gasteiger partial charge in [-0.2, -0.15) is 4.98 Å². The molecule has 0 saturated heterocycles. The third-order valence-electron chi connectivity index (χ3n) is 3.12. The smallest absolute Gasteiger partial charge is 0.372 e. The molecule has 100 valence electrons. The number of allylic oxidation sites excluding steroid dienone is 2. The Balaban J connectivity index is 2.30. The molecule has 2 rings (SSSR count). The van der Waals surface area contributed by atoms with Gasteiger partial charge in [-0.3, -0.25) is 10.1 Å². The van der Waals surface area contributed by atoms with Crippen molar-refractivity contribution in [2.45, 2.75) is 20.0 Å². The number of aromatic nitrogens is 2. The van der Waals surface area contributed by atoms with Gasteiger partial charge in [0, 0.05) is 5.92 Å². The number of nitrogens with zero attached hydrogens (tertiary/aromatic N) is 3. The van der Waals surface area contributed by atoms with E-state index in [1.54, 1.807) is 0 Å². The lowest BCUT2D eigenvalue weighted by molar-refractivity contribution is -0.385. The summed E-state index contributed by atoms with van der Waals surface area (Å²) >= 11 is 0. The molecule has 0 aliphatic heterocycles. The first-order valence-electron chi connectivity index (χ1n) is 5.77. The highest BCUT2D eigenvalue weighted by Gasteiger charge is 2.27. The first kappa shape index (κ1) is 13.0. The second-order valence-corrected chi connectivity index (χ2v) is 4.34. The van der Waals surface area contributed by atoms with Gasteiger partial charge < -0.3 is 10.5 Å². The fraction of sp³-hybridized carbons (Fsp3) is 0.333. The second kappa shape index (κ2) is 5.05. The first-order chi connectivity index (χ1) is 9.00. The van der Waals surface area contributed by atoms with E-state index in [9.17, 15) is 10.1 Å². The SMILES string of the molecule is CC1=CC=C[C@@H](Oc2ncnc(N)c2[N+](=O)[O-])[C@H]1C. The van der Waals surface area contributed by atoms with Crippen molar-refractivity contribution in [3.05, 3.63) is 40.2 Å². The first-order valence-corrected chi connectivity index (χ1v) is 5.77. The molecule has 0 aromatic carbocycles. The molecule has 0 spiro atoms. The molecule has 2 N–H and O–H groups in total. The Bertz CT molecular complexity index is 568. The number of nitrogen functional groups attached to an aromatic ring is 1. The van der Waals surface area contributed by atoms with Crippen molar-refractivity contribution in [2.75, 3.05) is 5.73 Å². The Kier molecular flexibility index (Phi) is 3.46. The fourth-order valence-corrected chi connectivity index (χ4v) is 1.80. The largest absolute Gasteiger partial charge is 0.464 e. The van der Waals surface area contributed by atoms with Crippen LogP contribution in [0.3, 0.4) is 0 Å². The molecule has 2 atom stereocenters. The standard InChI is InChI=1S/C12H14N4O3/c1-7-4-3-5-9(8(7)2)19-12-10(16(17)18)11(13)14-6-15-12/h3-6,8-9H,1-2H3,(H2,13,14,15)/t8-,9+/m0/s1. The topological polar surface area (TPSA) is 104 Å². The van der Waals surface area contributed by atoms with Crippen LogP contribution in [-0.2, 0) is 0 Å². The molecule has 0 fully saturated rings. The molecular weight excluding hydrogens is 248 g/mol. The quantitative estimate of drug-likeness (QED) is 0.658. The summed E-state index contributed by atoms with van der Waals surface area (Å²) in [5.41, 5.74) is 6.23. The molecule has 0 radical (unpaired) electrons. The maximum Gasteiger partial charge on any atom is 0.372 e. The van der Waals surface area contributed by atoms with E-state index in [0.29, 0.717) is 0 Å². The fourth-order valence-electron chi connectivity index (χ4n) is 1.80. The van der Waals surface area contributed by atoms with Crippen LogP contribution in [-0.4, -0.2) is 21.0 Å². The number of ether oxygens (including phenoxy) is 1. The Morgan fingerprint density at radius 1 is 1.47 bits per heavy atom. The van der Waals surface area contributed by atoms with Crippen molar-refractivity contribution in [1.82, 2.24) is 9.97 Å². The highest BCUT2D eigenvalue weighted by Crippen LogP contribution is 2.32. The van der Waals surface area contributed by atoms with Crippen LogP contribution < -0.4 is 10.5 Å². The van der Waals surface area contributed by atoms with Gasteiger partial charge >= 0.3 is 5.69 Å². The minimum absolute atomic E-state index is 0.103. The Hall–Kier alpha value is -2.44. The monoisotopic (exact) mass is 262 g/mol. The molecule has 19 heavy (non-hydrogen) atoms. The maximum absolute atomic E-state index is 11.0. The molecule has 1 aromatic rings. The van der Waals surface area contributed by atoms with Gasteiger partial charge in [0.2, 0.25) is 5.82 Å². The molecule has 7 heteroatoms. The number of nitro groups is 1. The van der Waals surface area contributed by atoms with Gasteiger partial charge in [-0.1, -0.05) is 24.6 Å². The summed E-state index contributed by atoms with van der Waals surface area (Å²) in [6.07, 6.45) is 6.51.